The van der Waals surface area contributed by atoms with Crippen LogP contribution in [0.1, 0.15) is 78.3 Å². The molecule has 1 atom stereocenters. The molecule has 4 nitrogen and oxygen atoms in total. The molecule has 212 valence electrons. The van der Waals surface area contributed by atoms with Crippen LogP contribution in [0, 0.1) is 12.3 Å². The summed E-state index contributed by atoms with van der Waals surface area (Å²) >= 11 is 1.88. The number of fused-ring (bicyclic) bond motifs is 1. The summed E-state index contributed by atoms with van der Waals surface area (Å²) in [5.41, 5.74) is 6.62. The lowest BCUT2D eigenvalue weighted by Gasteiger charge is -2.24. The third-order valence-corrected chi connectivity index (χ3v) is 9.71. The summed E-state index contributed by atoms with van der Waals surface area (Å²) in [6, 6.07) is 27.3. The fourth-order valence-electron chi connectivity index (χ4n) is 5.50. The van der Waals surface area contributed by atoms with Crippen LogP contribution in [0.4, 0.5) is 0 Å². The van der Waals surface area contributed by atoms with Crippen molar-refractivity contribution in [2.45, 2.75) is 63.7 Å². The van der Waals surface area contributed by atoms with Gasteiger partial charge in [0.05, 0.1) is 23.2 Å². The highest BCUT2D eigenvalue weighted by molar-refractivity contribution is 7.99. The average molecular weight is 566 g/mol. The van der Waals surface area contributed by atoms with Crippen molar-refractivity contribution in [3.8, 4) is 0 Å². The minimum atomic E-state index is -0.904. The maximum atomic E-state index is 11.5. The molecule has 2 N–H and O–H groups in total. The molecule has 4 aromatic rings. The molecule has 0 amide bonds. The van der Waals surface area contributed by atoms with E-state index in [1.54, 1.807) is 0 Å². The van der Waals surface area contributed by atoms with Crippen LogP contribution in [0.3, 0.4) is 0 Å². The van der Waals surface area contributed by atoms with Crippen molar-refractivity contribution < 1.29 is 15.0 Å². The molecule has 0 radical (unpaired) electrons. The molecule has 0 bridgehead atoms. The Morgan fingerprint density at radius 2 is 1.80 bits per heavy atom. The van der Waals surface area contributed by atoms with E-state index in [1.165, 1.54) is 11.1 Å². The van der Waals surface area contributed by atoms with Crippen LogP contribution in [0.25, 0.3) is 23.1 Å². The highest BCUT2D eigenvalue weighted by Gasteiger charge is 2.44. The standard InChI is InChI=1S/C36H39NO3S/c1-25-11-13-28-14-17-30(37-32(28)21-25)16-12-26-7-6-9-29(22-26)33(41-24-36(19-20-36)23-34(38)39)18-15-27-8-4-5-10-31(27)35(2,3)40/h4-14,16-17,21-22,33,40H,15,18-20,23-24H2,1-3H3,(H,38,39)/b16-12+/t33-/m1/s1. The zero-order valence-electron chi connectivity index (χ0n) is 24.1. The molecular formula is C36H39NO3S. The van der Waals surface area contributed by atoms with Crippen LogP contribution < -0.4 is 0 Å². The van der Waals surface area contributed by atoms with E-state index in [1.807, 2.05) is 49.9 Å². The summed E-state index contributed by atoms with van der Waals surface area (Å²) in [6.45, 7) is 5.75. The largest absolute Gasteiger partial charge is 0.481 e. The topological polar surface area (TPSA) is 70.4 Å². The predicted octanol–water partition coefficient (Wildman–Crippen LogP) is 8.60. The summed E-state index contributed by atoms with van der Waals surface area (Å²) in [4.78, 5) is 16.3. The molecule has 0 saturated heterocycles. The van der Waals surface area contributed by atoms with Crippen LogP contribution >= 0.6 is 11.8 Å². The molecule has 0 unspecified atom stereocenters. The van der Waals surface area contributed by atoms with Crippen molar-refractivity contribution in [1.82, 2.24) is 4.98 Å². The Kier molecular flexibility index (Phi) is 8.67. The number of nitrogens with zero attached hydrogens (tertiary/aromatic N) is 1. The number of thioether (sulfide) groups is 1. The fraction of sp³-hybridized carbons (Fsp3) is 0.333. The van der Waals surface area contributed by atoms with E-state index in [4.69, 9.17) is 4.98 Å². The second-order valence-corrected chi connectivity index (χ2v) is 13.3. The van der Waals surface area contributed by atoms with Gasteiger partial charge in [0.25, 0.3) is 0 Å². The zero-order valence-corrected chi connectivity index (χ0v) is 25.0. The second kappa shape index (κ2) is 12.2. The molecule has 1 aliphatic carbocycles. The number of aryl methyl sites for hydroxylation is 2. The lowest BCUT2D eigenvalue weighted by molar-refractivity contribution is -0.138. The van der Waals surface area contributed by atoms with E-state index >= 15 is 0 Å². The first-order valence-electron chi connectivity index (χ1n) is 14.4. The van der Waals surface area contributed by atoms with E-state index in [0.717, 1.165) is 64.7 Å². The van der Waals surface area contributed by atoms with Gasteiger partial charge < -0.3 is 10.2 Å². The number of aliphatic hydroxyl groups is 1. The molecule has 1 fully saturated rings. The maximum absolute atomic E-state index is 11.5. The van der Waals surface area contributed by atoms with E-state index in [0.29, 0.717) is 0 Å². The first-order valence-corrected chi connectivity index (χ1v) is 15.4. The summed E-state index contributed by atoms with van der Waals surface area (Å²) in [5.74, 6) is 0.140. The van der Waals surface area contributed by atoms with Gasteiger partial charge in [0, 0.05) is 16.4 Å². The van der Waals surface area contributed by atoms with Gasteiger partial charge in [0.2, 0.25) is 0 Å². The van der Waals surface area contributed by atoms with Gasteiger partial charge in [-0.15, -0.1) is 0 Å². The normalized spacial score (nSPS) is 15.3. The molecule has 1 heterocycles. The zero-order chi connectivity index (χ0) is 29.0. The summed E-state index contributed by atoms with van der Waals surface area (Å²) in [5, 5.41) is 21.5. The van der Waals surface area contributed by atoms with Crippen LogP contribution in [0.2, 0.25) is 0 Å². The maximum Gasteiger partial charge on any atom is 0.303 e. The van der Waals surface area contributed by atoms with Gasteiger partial charge in [-0.2, -0.15) is 11.8 Å². The Bertz CT molecular complexity index is 1560. The van der Waals surface area contributed by atoms with Crippen molar-refractivity contribution in [3.63, 3.8) is 0 Å². The summed E-state index contributed by atoms with van der Waals surface area (Å²) < 4.78 is 0. The molecule has 1 aliphatic rings. The van der Waals surface area contributed by atoms with Gasteiger partial charge in [-0.3, -0.25) is 4.79 Å². The van der Waals surface area contributed by atoms with Crippen LogP contribution in [0.15, 0.2) is 78.9 Å². The van der Waals surface area contributed by atoms with Gasteiger partial charge in [-0.05, 0) is 97.9 Å². The number of aromatic nitrogens is 1. The van der Waals surface area contributed by atoms with Gasteiger partial charge in [0.1, 0.15) is 0 Å². The molecular weight excluding hydrogens is 526 g/mol. The van der Waals surface area contributed by atoms with Gasteiger partial charge in [-0.25, -0.2) is 4.98 Å². The summed E-state index contributed by atoms with van der Waals surface area (Å²) in [7, 11) is 0. The number of hydrogen-bond acceptors (Lipinski definition) is 4. The molecule has 5 heteroatoms. The number of pyridine rings is 1. The first-order chi connectivity index (χ1) is 19.6. The van der Waals surface area contributed by atoms with Gasteiger partial charge in [0.15, 0.2) is 0 Å². The minimum absolute atomic E-state index is 0.0721. The summed E-state index contributed by atoms with van der Waals surface area (Å²) in [6.07, 6.45) is 8.14. The quantitative estimate of drug-likeness (QED) is 0.180. The Labute approximate surface area is 247 Å². The molecule has 0 spiro atoms. The van der Waals surface area contributed by atoms with Crippen molar-refractivity contribution in [2.24, 2.45) is 5.41 Å². The highest BCUT2D eigenvalue weighted by Crippen LogP contribution is 2.53. The third kappa shape index (κ3) is 7.66. The smallest absolute Gasteiger partial charge is 0.303 e. The number of carbonyl (C=O) groups is 1. The first kappa shape index (κ1) is 29.1. The second-order valence-electron chi connectivity index (χ2n) is 12.1. The van der Waals surface area contributed by atoms with Crippen LogP contribution in [-0.2, 0) is 16.8 Å². The Hall–Kier alpha value is -3.41. The van der Waals surface area contributed by atoms with Crippen molar-refractivity contribution in [2.75, 3.05) is 5.75 Å². The Balaban J connectivity index is 1.37. The van der Waals surface area contributed by atoms with E-state index in [2.05, 4.69) is 73.7 Å². The monoisotopic (exact) mass is 565 g/mol. The highest BCUT2D eigenvalue weighted by atomic mass is 32.2. The molecule has 5 rings (SSSR count). The van der Waals surface area contributed by atoms with Crippen molar-refractivity contribution in [1.29, 1.82) is 0 Å². The number of hydrogen-bond donors (Lipinski definition) is 2. The van der Waals surface area contributed by atoms with Gasteiger partial charge >= 0.3 is 5.97 Å². The Morgan fingerprint density at radius 1 is 1.02 bits per heavy atom. The number of aliphatic carboxylic acids is 1. The molecule has 3 aromatic carbocycles. The molecule has 41 heavy (non-hydrogen) atoms. The van der Waals surface area contributed by atoms with E-state index in [-0.39, 0.29) is 17.1 Å². The lowest BCUT2D eigenvalue weighted by Crippen LogP contribution is -2.18. The Morgan fingerprint density at radius 3 is 2.56 bits per heavy atom. The van der Waals surface area contributed by atoms with Gasteiger partial charge in [-0.1, -0.05) is 72.8 Å². The number of benzene rings is 3. The third-order valence-electron chi connectivity index (χ3n) is 8.02. The van der Waals surface area contributed by atoms with Crippen molar-refractivity contribution >= 4 is 40.8 Å². The molecule has 1 saturated carbocycles. The number of carboxylic acids is 1. The van der Waals surface area contributed by atoms with Crippen LogP contribution in [-0.4, -0.2) is 26.9 Å². The predicted molar refractivity (Wildman–Crippen MR) is 171 cm³/mol. The number of rotatable bonds is 12. The fourth-order valence-corrected chi connectivity index (χ4v) is 7.06. The average Bonchev–Trinajstić information content (AvgIpc) is 3.70. The number of carboxylic acid groups (broad SMARTS) is 1. The minimum Gasteiger partial charge on any atom is -0.481 e. The van der Waals surface area contributed by atoms with Crippen LogP contribution in [0.5, 0.6) is 0 Å². The molecule has 1 aromatic heterocycles. The SMILES string of the molecule is Cc1ccc2ccc(/C=C/c3cccc([C@@H](CCc4ccccc4C(C)(C)O)SCC4(CC(=O)O)CC4)c3)nc2c1. The lowest BCUT2D eigenvalue weighted by atomic mass is 9.90. The van der Waals surface area contributed by atoms with Crippen molar-refractivity contribution in [3.05, 3.63) is 112 Å². The van der Waals surface area contributed by atoms with E-state index in [9.17, 15) is 15.0 Å². The van der Waals surface area contributed by atoms with E-state index < -0.39 is 11.6 Å². The molecule has 0 aliphatic heterocycles.